The van der Waals surface area contributed by atoms with Crippen LogP contribution in [0.4, 0.5) is 0 Å². The van der Waals surface area contributed by atoms with Crippen LogP contribution in [0.3, 0.4) is 0 Å². The molecular weight excluding hydrogens is 368 g/mol. The predicted octanol–water partition coefficient (Wildman–Crippen LogP) is 6.06. The highest BCUT2D eigenvalue weighted by molar-refractivity contribution is 6.28. The molecule has 0 fully saturated rings. The van der Waals surface area contributed by atoms with Gasteiger partial charge in [-0.3, -0.25) is 4.98 Å². The first-order valence-corrected chi connectivity index (χ1v) is 9.80. The van der Waals surface area contributed by atoms with Crippen molar-refractivity contribution >= 4 is 32.3 Å². The third-order valence-corrected chi connectivity index (χ3v) is 5.60. The summed E-state index contributed by atoms with van der Waals surface area (Å²) in [6, 6.07) is 25.7. The zero-order chi connectivity index (χ0) is 19.9. The largest absolute Gasteiger partial charge is 0.265 e. The Balaban J connectivity index is 1.82. The minimum atomic E-state index is 0.676. The Morgan fingerprint density at radius 1 is 0.500 bits per heavy atom. The van der Waals surface area contributed by atoms with E-state index < -0.39 is 0 Å². The van der Waals surface area contributed by atoms with Crippen molar-refractivity contribution in [2.24, 2.45) is 0 Å². The first kappa shape index (κ1) is 16.7. The van der Waals surface area contributed by atoms with Crippen molar-refractivity contribution in [2.75, 3.05) is 0 Å². The lowest BCUT2D eigenvalue weighted by atomic mass is 9.89. The van der Waals surface area contributed by atoms with Crippen LogP contribution in [-0.2, 0) is 0 Å². The van der Waals surface area contributed by atoms with Crippen LogP contribution in [0, 0.1) is 0 Å². The molecule has 6 aromatic rings. The number of benzene rings is 4. The minimum absolute atomic E-state index is 0.676. The van der Waals surface area contributed by atoms with E-state index in [9.17, 15) is 0 Å². The van der Waals surface area contributed by atoms with Gasteiger partial charge in [-0.2, -0.15) is 0 Å². The SMILES string of the molecule is c1ccc2c(c1)c1ccc(-c3ncncn3)cc1c1c(-c3ccncc3)cccc21. The summed E-state index contributed by atoms with van der Waals surface area (Å²) in [5.74, 6) is 0.676. The van der Waals surface area contributed by atoms with E-state index in [2.05, 4.69) is 92.7 Å². The highest BCUT2D eigenvalue weighted by Crippen LogP contribution is 2.41. The maximum absolute atomic E-state index is 4.35. The standard InChI is InChI=1S/C26H16N4/c1-2-5-21-20(4-1)22-9-8-18(26-29-15-28-16-30-26)14-24(22)25-19(6-3-7-23(21)25)17-10-12-27-13-11-17/h1-16H. The van der Waals surface area contributed by atoms with Crippen molar-refractivity contribution in [3.05, 3.63) is 97.8 Å². The predicted molar refractivity (Wildman–Crippen MR) is 121 cm³/mol. The summed E-state index contributed by atoms with van der Waals surface area (Å²) in [7, 11) is 0. The number of hydrogen-bond donors (Lipinski definition) is 0. The molecule has 0 bridgehead atoms. The maximum Gasteiger partial charge on any atom is 0.162 e. The molecule has 2 heterocycles. The van der Waals surface area contributed by atoms with Crippen LogP contribution in [0.1, 0.15) is 0 Å². The number of hydrogen-bond acceptors (Lipinski definition) is 4. The number of rotatable bonds is 2. The summed E-state index contributed by atoms with van der Waals surface area (Å²) in [6.45, 7) is 0. The zero-order valence-electron chi connectivity index (χ0n) is 16.0. The molecule has 0 atom stereocenters. The van der Waals surface area contributed by atoms with E-state index in [-0.39, 0.29) is 0 Å². The molecule has 0 aliphatic carbocycles. The maximum atomic E-state index is 4.35. The van der Waals surface area contributed by atoms with Gasteiger partial charge in [0.15, 0.2) is 5.82 Å². The lowest BCUT2D eigenvalue weighted by molar-refractivity contribution is 1.06. The fourth-order valence-corrected chi connectivity index (χ4v) is 4.31. The van der Waals surface area contributed by atoms with Crippen molar-refractivity contribution in [3.8, 4) is 22.5 Å². The topological polar surface area (TPSA) is 51.6 Å². The lowest BCUT2D eigenvalue weighted by Crippen LogP contribution is -1.91. The second-order valence-electron chi connectivity index (χ2n) is 7.23. The summed E-state index contributed by atoms with van der Waals surface area (Å²) in [5.41, 5.74) is 3.32. The van der Waals surface area contributed by atoms with Gasteiger partial charge >= 0.3 is 0 Å². The van der Waals surface area contributed by atoms with Gasteiger partial charge in [0.2, 0.25) is 0 Å². The monoisotopic (exact) mass is 384 g/mol. The average Bonchev–Trinajstić information content (AvgIpc) is 2.84. The highest BCUT2D eigenvalue weighted by atomic mass is 15.0. The molecule has 0 aliphatic heterocycles. The molecule has 4 heteroatoms. The average molecular weight is 384 g/mol. The van der Waals surface area contributed by atoms with E-state index in [1.54, 1.807) is 0 Å². The second kappa shape index (κ2) is 6.71. The molecule has 0 spiro atoms. The Kier molecular flexibility index (Phi) is 3.74. The third-order valence-electron chi connectivity index (χ3n) is 5.60. The van der Waals surface area contributed by atoms with Crippen LogP contribution in [0.2, 0.25) is 0 Å². The molecule has 0 saturated heterocycles. The Morgan fingerprint density at radius 3 is 2.00 bits per heavy atom. The van der Waals surface area contributed by atoms with Crippen molar-refractivity contribution in [1.82, 2.24) is 19.9 Å². The smallest absolute Gasteiger partial charge is 0.162 e. The van der Waals surface area contributed by atoms with Gasteiger partial charge in [0, 0.05) is 18.0 Å². The van der Waals surface area contributed by atoms with E-state index in [1.165, 1.54) is 50.5 Å². The Hall–Kier alpha value is -4.18. The summed E-state index contributed by atoms with van der Waals surface area (Å²) in [6.07, 6.45) is 6.75. The molecule has 0 amide bonds. The summed E-state index contributed by atoms with van der Waals surface area (Å²) < 4.78 is 0. The molecule has 0 saturated carbocycles. The van der Waals surface area contributed by atoms with E-state index in [4.69, 9.17) is 0 Å². The van der Waals surface area contributed by atoms with Crippen molar-refractivity contribution in [3.63, 3.8) is 0 Å². The van der Waals surface area contributed by atoms with Crippen molar-refractivity contribution < 1.29 is 0 Å². The zero-order valence-corrected chi connectivity index (χ0v) is 16.0. The molecule has 4 aromatic carbocycles. The van der Waals surface area contributed by atoms with E-state index >= 15 is 0 Å². The van der Waals surface area contributed by atoms with Crippen molar-refractivity contribution in [1.29, 1.82) is 0 Å². The number of fused-ring (bicyclic) bond motifs is 6. The first-order valence-electron chi connectivity index (χ1n) is 9.80. The molecule has 30 heavy (non-hydrogen) atoms. The van der Waals surface area contributed by atoms with Crippen LogP contribution < -0.4 is 0 Å². The number of aromatic nitrogens is 4. The van der Waals surface area contributed by atoms with Crippen LogP contribution >= 0.6 is 0 Å². The molecule has 2 aromatic heterocycles. The molecule has 140 valence electrons. The molecule has 0 unspecified atom stereocenters. The molecule has 0 radical (unpaired) electrons. The molecule has 0 N–H and O–H groups in total. The highest BCUT2D eigenvalue weighted by Gasteiger charge is 2.14. The Labute approximate surface area is 172 Å². The van der Waals surface area contributed by atoms with Gasteiger partial charge in [-0.15, -0.1) is 0 Å². The van der Waals surface area contributed by atoms with Gasteiger partial charge in [-0.25, -0.2) is 15.0 Å². The quantitative estimate of drug-likeness (QED) is 0.341. The van der Waals surface area contributed by atoms with E-state index in [1.807, 2.05) is 12.4 Å². The molecule has 0 aliphatic rings. The van der Waals surface area contributed by atoms with Gasteiger partial charge in [-0.1, -0.05) is 54.6 Å². The number of nitrogens with zero attached hydrogens (tertiary/aromatic N) is 4. The van der Waals surface area contributed by atoms with Gasteiger partial charge in [0.25, 0.3) is 0 Å². The fourth-order valence-electron chi connectivity index (χ4n) is 4.31. The van der Waals surface area contributed by atoms with Crippen LogP contribution in [0.15, 0.2) is 97.8 Å². The summed E-state index contributed by atoms with van der Waals surface area (Å²) in [5, 5.41) is 7.37. The summed E-state index contributed by atoms with van der Waals surface area (Å²) in [4.78, 5) is 16.8. The minimum Gasteiger partial charge on any atom is -0.265 e. The fraction of sp³-hybridized carbons (Fsp3) is 0. The van der Waals surface area contributed by atoms with Gasteiger partial charge in [0.05, 0.1) is 0 Å². The van der Waals surface area contributed by atoms with Gasteiger partial charge < -0.3 is 0 Å². The van der Waals surface area contributed by atoms with E-state index in [0.29, 0.717) is 5.82 Å². The Bertz CT molecular complexity index is 1530. The van der Waals surface area contributed by atoms with Crippen LogP contribution in [0.25, 0.3) is 54.8 Å². The van der Waals surface area contributed by atoms with Gasteiger partial charge in [-0.05, 0) is 61.6 Å². The molecule has 6 rings (SSSR count). The third kappa shape index (κ3) is 2.54. The molecule has 4 nitrogen and oxygen atoms in total. The normalized spacial score (nSPS) is 11.3. The van der Waals surface area contributed by atoms with Gasteiger partial charge in [0.1, 0.15) is 12.7 Å². The van der Waals surface area contributed by atoms with Crippen molar-refractivity contribution in [2.45, 2.75) is 0 Å². The molecular formula is C26H16N4. The number of pyridine rings is 1. The van der Waals surface area contributed by atoms with Crippen LogP contribution in [-0.4, -0.2) is 19.9 Å². The summed E-state index contributed by atoms with van der Waals surface area (Å²) >= 11 is 0. The lowest BCUT2D eigenvalue weighted by Gasteiger charge is -2.15. The van der Waals surface area contributed by atoms with E-state index in [0.717, 1.165) is 11.1 Å². The Morgan fingerprint density at radius 2 is 1.20 bits per heavy atom. The second-order valence-corrected chi connectivity index (χ2v) is 7.23. The van der Waals surface area contributed by atoms with Crippen LogP contribution in [0.5, 0.6) is 0 Å². The first-order chi connectivity index (χ1) is 14.9.